The molecule has 0 aromatic heterocycles. The summed E-state index contributed by atoms with van der Waals surface area (Å²) < 4.78 is 11.2. The monoisotopic (exact) mass is 318 g/mol. The number of carboxylic acid groups (broad SMARTS) is 2. The lowest BCUT2D eigenvalue weighted by Crippen LogP contribution is -2.58. The van der Waals surface area contributed by atoms with E-state index >= 15 is 0 Å². The van der Waals surface area contributed by atoms with Crippen molar-refractivity contribution in [3.63, 3.8) is 0 Å². The van der Waals surface area contributed by atoms with E-state index in [-0.39, 0.29) is 19.4 Å². The zero-order chi connectivity index (χ0) is 16.5. The van der Waals surface area contributed by atoms with Gasteiger partial charge in [0.15, 0.2) is 5.60 Å². The van der Waals surface area contributed by atoms with Gasteiger partial charge in [0.2, 0.25) is 0 Å². The van der Waals surface area contributed by atoms with E-state index in [1.165, 1.54) is 0 Å². The summed E-state index contributed by atoms with van der Waals surface area (Å²) in [5.74, 6) is -2.56. The first-order valence-electron chi connectivity index (χ1n) is 7.23. The van der Waals surface area contributed by atoms with Gasteiger partial charge in [0.05, 0.1) is 24.9 Å². The maximum absolute atomic E-state index is 11.7. The molecular weight excluding hydrogens is 296 g/mol. The third-order valence-corrected chi connectivity index (χ3v) is 4.20. The second kappa shape index (κ2) is 6.47. The number of carbonyl (C=O) groups is 2. The van der Waals surface area contributed by atoms with Crippen molar-refractivity contribution in [3.05, 3.63) is 0 Å². The summed E-state index contributed by atoms with van der Waals surface area (Å²) in [6, 6.07) is -1.82. The van der Waals surface area contributed by atoms with E-state index in [2.05, 4.69) is 5.32 Å². The van der Waals surface area contributed by atoms with Crippen molar-refractivity contribution in [1.29, 1.82) is 0 Å². The molecule has 9 nitrogen and oxygen atoms in total. The molecule has 0 aromatic rings. The lowest BCUT2D eigenvalue weighted by molar-refractivity contribution is -0.176. The third kappa shape index (κ3) is 3.08. The van der Waals surface area contributed by atoms with Gasteiger partial charge in [-0.05, 0) is 6.54 Å². The molecule has 2 heterocycles. The van der Waals surface area contributed by atoms with E-state index < -0.39 is 47.9 Å². The number of nitrogens with two attached hydrogens (primary N) is 1. The summed E-state index contributed by atoms with van der Waals surface area (Å²) in [6.07, 6.45) is -2.37. The van der Waals surface area contributed by atoms with Crippen molar-refractivity contribution in [3.8, 4) is 0 Å². The van der Waals surface area contributed by atoms with Crippen LogP contribution >= 0.6 is 0 Å². The van der Waals surface area contributed by atoms with Gasteiger partial charge in [-0.3, -0.25) is 4.79 Å². The van der Waals surface area contributed by atoms with Gasteiger partial charge in [-0.15, -0.1) is 0 Å². The average molecular weight is 318 g/mol. The van der Waals surface area contributed by atoms with Crippen LogP contribution in [-0.4, -0.2) is 76.4 Å². The molecule has 0 radical (unpaired) electrons. The van der Waals surface area contributed by atoms with Crippen LogP contribution in [0.25, 0.3) is 0 Å². The van der Waals surface area contributed by atoms with Crippen LogP contribution in [0.2, 0.25) is 0 Å². The first kappa shape index (κ1) is 17.1. The molecule has 0 saturated carbocycles. The molecule has 0 aromatic carbocycles. The van der Waals surface area contributed by atoms with E-state index in [4.69, 9.17) is 20.3 Å². The largest absolute Gasteiger partial charge is 0.480 e. The molecule has 0 amide bonds. The molecular formula is C13H22N2O7. The highest BCUT2D eigenvalue weighted by Crippen LogP contribution is 2.40. The number of carboxylic acids is 2. The first-order valence-corrected chi connectivity index (χ1v) is 7.23. The highest BCUT2D eigenvalue weighted by Gasteiger charge is 2.58. The summed E-state index contributed by atoms with van der Waals surface area (Å²) in [6.45, 7) is 2.50. The summed E-state index contributed by atoms with van der Waals surface area (Å²) >= 11 is 0. The Hall–Kier alpha value is -1.26. The van der Waals surface area contributed by atoms with Gasteiger partial charge in [-0.1, -0.05) is 6.92 Å². The number of aliphatic carboxylic acids is 2. The summed E-state index contributed by atoms with van der Waals surface area (Å²) in [5, 5.41) is 31.5. The van der Waals surface area contributed by atoms with E-state index in [0.29, 0.717) is 6.54 Å². The number of likely N-dealkylation sites (N-methyl/N-ethyl adjacent to an activating group) is 1. The molecule has 2 aliphatic rings. The summed E-state index contributed by atoms with van der Waals surface area (Å²) in [7, 11) is 0. The standard InChI is InChI=1S/C13H22N2O7/c1-2-15-9-7(16)5-21-8-4-13(12(19)20,22-10(8)9)3-6(14)11(17)18/h6-10,15-16H,2-5,14H2,1H3,(H,17,18)(H,19,20)/t6-,7+,8+,9+,10-,13+/m0/s1. The number of fused-ring (bicyclic) bond motifs is 1. The Kier molecular flexibility index (Phi) is 5.03. The molecule has 126 valence electrons. The molecule has 2 rings (SSSR count). The molecule has 22 heavy (non-hydrogen) atoms. The van der Waals surface area contributed by atoms with Crippen molar-refractivity contribution in [1.82, 2.24) is 5.32 Å². The van der Waals surface area contributed by atoms with Crippen LogP contribution in [0, 0.1) is 0 Å². The van der Waals surface area contributed by atoms with Gasteiger partial charge in [0.1, 0.15) is 12.1 Å². The van der Waals surface area contributed by atoms with E-state index in [1.807, 2.05) is 6.92 Å². The van der Waals surface area contributed by atoms with Crippen LogP contribution in [0.4, 0.5) is 0 Å². The van der Waals surface area contributed by atoms with E-state index in [9.17, 15) is 19.8 Å². The van der Waals surface area contributed by atoms with Gasteiger partial charge < -0.3 is 35.8 Å². The minimum atomic E-state index is -1.72. The minimum absolute atomic E-state index is 0.00257. The quantitative estimate of drug-likeness (QED) is 0.379. The Morgan fingerprint density at radius 2 is 2.14 bits per heavy atom. The maximum Gasteiger partial charge on any atom is 0.336 e. The van der Waals surface area contributed by atoms with Crippen molar-refractivity contribution < 1.29 is 34.4 Å². The number of hydrogen-bond acceptors (Lipinski definition) is 7. The van der Waals surface area contributed by atoms with Crippen LogP contribution < -0.4 is 11.1 Å². The Labute approximate surface area is 127 Å². The predicted octanol–water partition coefficient (Wildman–Crippen LogP) is -1.86. The third-order valence-electron chi connectivity index (χ3n) is 4.20. The Balaban J connectivity index is 2.21. The van der Waals surface area contributed by atoms with Crippen LogP contribution in [0.1, 0.15) is 19.8 Å². The number of aliphatic hydroxyl groups is 1. The summed E-state index contributed by atoms with van der Waals surface area (Å²) in [5.41, 5.74) is 3.76. The SMILES string of the molecule is CCN[C@H]1[C@H]2O[C@@](C[C@H](N)C(=O)O)(C(=O)O)C[C@H]2OC[C@H]1O. The van der Waals surface area contributed by atoms with Crippen molar-refractivity contribution in [2.45, 2.75) is 55.8 Å². The van der Waals surface area contributed by atoms with Gasteiger partial charge in [0.25, 0.3) is 0 Å². The van der Waals surface area contributed by atoms with Gasteiger partial charge in [-0.2, -0.15) is 0 Å². The molecule has 0 aliphatic carbocycles. The van der Waals surface area contributed by atoms with Gasteiger partial charge in [0, 0.05) is 12.8 Å². The molecule has 2 aliphatic heterocycles. The van der Waals surface area contributed by atoms with Crippen LogP contribution in [-0.2, 0) is 19.1 Å². The fraction of sp³-hybridized carbons (Fsp3) is 0.846. The number of nitrogens with one attached hydrogen (secondary N) is 1. The number of rotatable bonds is 6. The topological polar surface area (TPSA) is 151 Å². The van der Waals surface area contributed by atoms with Crippen molar-refractivity contribution in [2.24, 2.45) is 5.73 Å². The Bertz CT molecular complexity index is 446. The zero-order valence-corrected chi connectivity index (χ0v) is 12.3. The van der Waals surface area contributed by atoms with Crippen LogP contribution in [0.3, 0.4) is 0 Å². The molecule has 6 N–H and O–H groups in total. The van der Waals surface area contributed by atoms with Crippen LogP contribution in [0.5, 0.6) is 0 Å². The summed E-state index contributed by atoms with van der Waals surface area (Å²) in [4.78, 5) is 22.6. The lowest BCUT2D eigenvalue weighted by Gasteiger charge is -2.37. The average Bonchev–Trinajstić information content (AvgIpc) is 2.82. The second-order valence-electron chi connectivity index (χ2n) is 5.76. The molecule has 6 atom stereocenters. The number of hydrogen-bond donors (Lipinski definition) is 5. The first-order chi connectivity index (χ1) is 10.3. The number of ether oxygens (including phenoxy) is 2. The van der Waals surface area contributed by atoms with Gasteiger partial charge in [-0.25, -0.2) is 4.79 Å². The predicted molar refractivity (Wildman–Crippen MR) is 73.3 cm³/mol. The maximum atomic E-state index is 11.7. The Morgan fingerprint density at radius 3 is 2.68 bits per heavy atom. The fourth-order valence-corrected chi connectivity index (χ4v) is 3.12. The van der Waals surface area contributed by atoms with E-state index in [0.717, 1.165) is 0 Å². The molecule has 0 spiro atoms. The molecule has 9 heteroatoms. The van der Waals surface area contributed by atoms with E-state index in [1.54, 1.807) is 0 Å². The van der Waals surface area contributed by atoms with Crippen molar-refractivity contribution in [2.75, 3.05) is 13.2 Å². The number of aliphatic hydroxyl groups excluding tert-OH is 1. The normalized spacial score (nSPS) is 39.2. The highest BCUT2D eigenvalue weighted by atomic mass is 16.6. The minimum Gasteiger partial charge on any atom is -0.480 e. The second-order valence-corrected chi connectivity index (χ2v) is 5.76. The van der Waals surface area contributed by atoms with Crippen LogP contribution in [0.15, 0.2) is 0 Å². The van der Waals surface area contributed by atoms with Crippen molar-refractivity contribution >= 4 is 11.9 Å². The molecule has 0 bridgehead atoms. The molecule has 2 fully saturated rings. The smallest absolute Gasteiger partial charge is 0.336 e. The molecule has 2 saturated heterocycles. The highest BCUT2D eigenvalue weighted by molar-refractivity contribution is 5.81. The Morgan fingerprint density at radius 1 is 1.45 bits per heavy atom. The lowest BCUT2D eigenvalue weighted by atomic mass is 9.89. The zero-order valence-electron chi connectivity index (χ0n) is 12.3. The fourth-order valence-electron chi connectivity index (χ4n) is 3.12. The molecule has 0 unspecified atom stereocenters. The van der Waals surface area contributed by atoms with Gasteiger partial charge >= 0.3 is 11.9 Å².